The van der Waals surface area contributed by atoms with E-state index < -0.39 is 95.8 Å². The molecule has 1 aliphatic rings. The van der Waals surface area contributed by atoms with Crippen molar-refractivity contribution < 1.29 is 104 Å². The van der Waals surface area contributed by atoms with Gasteiger partial charge in [-0.2, -0.15) is 4.98 Å². The zero-order valence-electron chi connectivity index (χ0n) is 38.0. The van der Waals surface area contributed by atoms with E-state index in [0.29, 0.717) is 30.3 Å². The van der Waals surface area contributed by atoms with Gasteiger partial charge in [-0.3, -0.25) is 57.7 Å². The van der Waals surface area contributed by atoms with Gasteiger partial charge in [-0.25, -0.2) is 4.79 Å². The van der Waals surface area contributed by atoms with Crippen LogP contribution in [0.1, 0.15) is 74.6 Å². The van der Waals surface area contributed by atoms with Gasteiger partial charge in [-0.15, -0.1) is 0 Å². The summed E-state index contributed by atoms with van der Waals surface area (Å²) in [6.45, 7) is 0.960. The number of amides is 1. The summed E-state index contributed by atoms with van der Waals surface area (Å²) in [6, 6.07) is 0.696. The second-order valence-electron chi connectivity index (χ2n) is 14.7. The van der Waals surface area contributed by atoms with E-state index in [0.717, 1.165) is 0 Å². The van der Waals surface area contributed by atoms with Crippen LogP contribution in [0.15, 0.2) is 29.1 Å². The molecule has 2 aromatic rings. The van der Waals surface area contributed by atoms with Gasteiger partial charge in [0.2, 0.25) is 5.95 Å². The summed E-state index contributed by atoms with van der Waals surface area (Å²) in [5.74, 6) is -11.4. The number of hydrogen-bond donors (Lipinski definition) is 20. The average molecular weight is 1030 g/mol. The highest BCUT2D eigenvalue weighted by molar-refractivity contribution is 5.97. The Hall–Kier alpha value is -8.69. The van der Waals surface area contributed by atoms with Gasteiger partial charge < -0.3 is 101 Å². The molecule has 33 heteroatoms. The van der Waals surface area contributed by atoms with Gasteiger partial charge in [-0.05, 0) is 56.4 Å². The Morgan fingerprint density at radius 3 is 1.26 bits per heavy atom. The number of hydrogen-bond acceptors (Lipinski definition) is 21. The summed E-state index contributed by atoms with van der Waals surface area (Å²) in [5, 5.41) is 94.6. The smallest absolute Gasteiger partial charge is 0.326 e. The van der Waals surface area contributed by atoms with E-state index in [2.05, 4.69) is 31.2 Å². The van der Waals surface area contributed by atoms with Gasteiger partial charge in [-0.1, -0.05) is 0 Å². The number of aromatic amines is 1. The Morgan fingerprint density at radius 1 is 0.569 bits per heavy atom. The van der Waals surface area contributed by atoms with E-state index in [1.54, 1.807) is 12.1 Å². The predicted octanol–water partition coefficient (Wildman–Crippen LogP) is -3.23. The molecule has 0 radical (unpaired) electrons. The molecule has 72 heavy (non-hydrogen) atoms. The zero-order chi connectivity index (χ0) is 55.8. The number of aliphatic carboxylic acids is 10. The molecule has 2 heterocycles. The molecule has 6 atom stereocenters. The number of nitrogens with zero attached hydrogens (tertiary/aromatic N) is 1. The topological polar surface area (TPSA) is 614 Å². The molecule has 0 bridgehead atoms. The van der Waals surface area contributed by atoms with Crippen molar-refractivity contribution in [3.63, 3.8) is 0 Å². The molecule has 0 aliphatic carbocycles. The van der Waals surface area contributed by atoms with Crippen LogP contribution in [0, 0.1) is 0 Å². The lowest BCUT2D eigenvalue weighted by molar-refractivity contribution is -0.142. The Labute approximate surface area is 405 Å². The Balaban J connectivity index is 0. The van der Waals surface area contributed by atoms with Crippen LogP contribution in [0.2, 0.25) is 0 Å². The minimum Gasteiger partial charge on any atom is -0.481 e. The van der Waals surface area contributed by atoms with E-state index in [4.69, 9.17) is 79.7 Å². The van der Waals surface area contributed by atoms with Crippen LogP contribution >= 0.6 is 0 Å². The van der Waals surface area contributed by atoms with Gasteiger partial charge in [0, 0.05) is 56.4 Å². The van der Waals surface area contributed by atoms with Crippen LogP contribution in [0.4, 0.5) is 23.1 Å². The first-order chi connectivity index (χ1) is 33.4. The first-order valence-electron chi connectivity index (χ1n) is 20.7. The summed E-state index contributed by atoms with van der Waals surface area (Å²) in [4.78, 5) is 132. The molecule has 1 aliphatic heterocycles. The highest BCUT2D eigenvalue weighted by atomic mass is 16.4. The second-order valence-corrected chi connectivity index (χ2v) is 14.7. The zero-order valence-corrected chi connectivity index (χ0v) is 38.0. The molecule has 0 fully saturated rings. The molecule has 3 rings (SSSR count). The van der Waals surface area contributed by atoms with E-state index >= 15 is 0 Å². The molecule has 0 saturated heterocycles. The summed E-state index contributed by atoms with van der Waals surface area (Å²) in [6.07, 6.45) is -1.48. The van der Waals surface area contributed by atoms with Crippen molar-refractivity contribution in [1.82, 2.24) is 15.3 Å². The minimum absolute atomic E-state index is 0.0231. The molecular weight excluding hydrogens is 974 g/mol. The van der Waals surface area contributed by atoms with Gasteiger partial charge in [0.25, 0.3) is 11.5 Å². The third kappa shape index (κ3) is 31.4. The normalized spacial score (nSPS) is 13.8. The number of carbonyl (C=O) groups excluding carboxylic acids is 1. The summed E-state index contributed by atoms with van der Waals surface area (Å²) >= 11 is 0. The highest BCUT2D eigenvalue weighted by Gasteiger charge is 2.23. The number of nitrogens with one attached hydrogen (secondary N) is 5. The Bertz CT molecular complexity index is 2090. The third-order valence-electron chi connectivity index (χ3n) is 8.70. The van der Waals surface area contributed by atoms with E-state index in [9.17, 15) is 57.5 Å². The molecule has 25 N–H and O–H groups in total. The average Bonchev–Trinajstić information content (AvgIpc) is 3.29. The van der Waals surface area contributed by atoms with Gasteiger partial charge in [0.15, 0.2) is 5.82 Å². The molecule has 1 aromatic carbocycles. The molecular formula is C39H59N11O22. The largest absolute Gasteiger partial charge is 0.481 e. The van der Waals surface area contributed by atoms with E-state index in [1.807, 2.05) is 0 Å². The van der Waals surface area contributed by atoms with E-state index in [1.165, 1.54) is 12.1 Å². The monoisotopic (exact) mass is 1030 g/mol. The van der Waals surface area contributed by atoms with E-state index in [-0.39, 0.29) is 87.3 Å². The van der Waals surface area contributed by atoms with Crippen LogP contribution in [-0.4, -0.2) is 176 Å². The number of nitrogen functional groups attached to an aromatic ring is 1. The van der Waals surface area contributed by atoms with Crippen LogP contribution in [0.3, 0.4) is 0 Å². The van der Waals surface area contributed by atoms with Crippen LogP contribution in [-0.2, 0) is 47.9 Å². The second kappa shape index (κ2) is 34.6. The van der Waals surface area contributed by atoms with Crippen molar-refractivity contribution in [2.24, 2.45) is 22.9 Å². The maximum absolute atomic E-state index is 12.3. The number of rotatable bonds is 25. The fraction of sp³-hybridized carbons (Fsp3) is 0.462. The number of aromatic nitrogens is 2. The van der Waals surface area contributed by atoms with Gasteiger partial charge >= 0.3 is 59.7 Å². The summed E-state index contributed by atoms with van der Waals surface area (Å²) < 4.78 is 0. The van der Waals surface area contributed by atoms with Crippen molar-refractivity contribution in [3.8, 4) is 0 Å². The third-order valence-corrected chi connectivity index (χ3v) is 8.70. The van der Waals surface area contributed by atoms with Crippen molar-refractivity contribution in [2.75, 3.05) is 34.8 Å². The quantitative estimate of drug-likeness (QED) is 0.0465. The Kier molecular flexibility index (Phi) is 31.4. The van der Waals surface area contributed by atoms with Gasteiger partial charge in [0.1, 0.15) is 35.9 Å². The lowest BCUT2D eigenvalue weighted by atomic mass is 10.1. The molecule has 0 spiro atoms. The SMILES string of the molecule is NC(CCC(=O)O)C(=O)O.NC(CCC(=O)O)C(=O)O.NC(CCC(=O)O)C(=O)O.NC(CCC(=O)O)C(=O)O.Nc1nc2c(c(=O)[nH]1)NC(CNc1ccc(C(=O)NC(CCC(=O)O)C(=O)O)cc1)CN2. The lowest BCUT2D eigenvalue weighted by Gasteiger charge is -2.27. The highest BCUT2D eigenvalue weighted by Crippen LogP contribution is 2.20. The number of anilines is 4. The first-order valence-corrected chi connectivity index (χ1v) is 20.7. The number of carbonyl (C=O) groups is 11. The van der Waals surface area contributed by atoms with Crippen molar-refractivity contribution in [1.29, 1.82) is 0 Å². The number of nitrogens with two attached hydrogens (primary N) is 5. The van der Waals surface area contributed by atoms with Crippen LogP contribution in [0.25, 0.3) is 0 Å². The number of carboxylic acids is 10. The lowest BCUT2D eigenvalue weighted by Crippen LogP contribution is -2.41. The maximum atomic E-state index is 12.3. The molecule has 1 amide bonds. The number of benzene rings is 1. The van der Waals surface area contributed by atoms with Crippen molar-refractivity contribution in [2.45, 2.75) is 100 Å². The van der Waals surface area contributed by atoms with Crippen LogP contribution in [0.5, 0.6) is 0 Å². The summed E-state index contributed by atoms with van der Waals surface area (Å²) in [7, 11) is 0. The predicted molar refractivity (Wildman–Crippen MR) is 246 cm³/mol. The molecule has 402 valence electrons. The summed E-state index contributed by atoms with van der Waals surface area (Å²) in [5.41, 5.74) is 26.4. The molecule has 1 aromatic heterocycles. The fourth-order valence-electron chi connectivity index (χ4n) is 4.71. The number of carboxylic acid groups (broad SMARTS) is 10. The molecule has 33 nitrogen and oxygen atoms in total. The fourth-order valence-corrected chi connectivity index (χ4v) is 4.71. The van der Waals surface area contributed by atoms with Crippen LogP contribution < -0.4 is 55.5 Å². The minimum atomic E-state index is -1.30. The first kappa shape index (κ1) is 65.4. The van der Waals surface area contributed by atoms with Gasteiger partial charge in [0.05, 0.1) is 6.04 Å². The Morgan fingerprint density at radius 2 is 0.931 bits per heavy atom. The molecule has 0 saturated carbocycles. The number of H-pyrrole nitrogens is 1. The standard InChI is InChI=1S/C19H23N7O6.4C5H9NO4/c20-19-25-15-14(17(30)26-19)23-11(8-22-15)7-21-10-3-1-9(2-4-10)16(29)24-12(18(31)32)5-6-13(27)28;4*6-3(5(9)10)1-2-4(7)8/h1-4,11-12,21,23H,5-8H2,(H,24,29)(H,27,28)(H,31,32)(H4,20,22,25,26,30);4*3H,1-2,6H2,(H,7,8)(H,9,10). The van der Waals surface area contributed by atoms with Crippen molar-refractivity contribution >= 4 is 88.7 Å². The maximum Gasteiger partial charge on any atom is 0.326 e. The molecule has 6 unspecified atom stereocenters. The number of fused-ring (bicyclic) bond motifs is 1. The van der Waals surface area contributed by atoms with Crippen molar-refractivity contribution in [3.05, 3.63) is 40.2 Å².